The summed E-state index contributed by atoms with van der Waals surface area (Å²) in [4.78, 5) is 3.63. The van der Waals surface area contributed by atoms with Crippen LogP contribution in [0.15, 0.2) is 4.52 Å². The topological polar surface area (TPSA) is 64.9 Å². The fourth-order valence-electron chi connectivity index (χ4n) is 2.12. The van der Waals surface area contributed by atoms with Crippen molar-refractivity contribution in [1.82, 2.24) is 10.1 Å². The Hall–Kier alpha value is -0.750. The van der Waals surface area contributed by atoms with Gasteiger partial charge in [-0.15, -0.1) is 0 Å². The fraction of sp³-hybridized carbons (Fsp3) is 0.800. The van der Waals surface area contributed by atoms with E-state index >= 15 is 0 Å². The van der Waals surface area contributed by atoms with Crippen LogP contribution in [0.25, 0.3) is 0 Å². The van der Waals surface area contributed by atoms with Crippen LogP contribution < -0.4 is 5.73 Å². The monoisotopic (exact) mass is 265 g/mol. The van der Waals surface area contributed by atoms with Crippen molar-refractivity contribution >= 4 is 11.6 Å². The van der Waals surface area contributed by atoms with Gasteiger partial charge >= 0.3 is 11.3 Å². The highest BCUT2D eigenvalue weighted by Crippen LogP contribution is 2.35. The Morgan fingerprint density at radius 2 is 1.82 bits per heavy atom. The first-order valence-electron chi connectivity index (χ1n) is 5.62. The summed E-state index contributed by atoms with van der Waals surface area (Å²) in [6.07, 6.45) is 5.43. The lowest BCUT2D eigenvalue weighted by molar-refractivity contribution is 0.0550. The van der Waals surface area contributed by atoms with Crippen LogP contribution in [-0.2, 0) is 10.9 Å². The Kier molecular flexibility index (Phi) is 3.36. The van der Waals surface area contributed by atoms with Gasteiger partial charge < -0.3 is 10.3 Å². The molecule has 96 valence electrons. The van der Waals surface area contributed by atoms with Crippen molar-refractivity contribution in [3.8, 4) is 0 Å². The Bertz CT molecular complexity index is 383. The zero-order valence-electron chi connectivity index (χ0n) is 9.26. The van der Waals surface area contributed by atoms with Gasteiger partial charge in [0.05, 0.1) is 5.54 Å². The molecule has 1 aliphatic rings. The molecule has 0 aromatic carbocycles. The lowest BCUT2D eigenvalue weighted by atomic mass is 9.91. The maximum atomic E-state index is 12.8. The van der Waals surface area contributed by atoms with Gasteiger partial charge in [-0.3, -0.25) is 0 Å². The van der Waals surface area contributed by atoms with Crippen LogP contribution in [0.5, 0.6) is 0 Å². The van der Waals surface area contributed by atoms with Crippen LogP contribution in [0, 0.1) is 0 Å². The zero-order chi connectivity index (χ0) is 12.5. The van der Waals surface area contributed by atoms with Gasteiger partial charge in [-0.05, 0) is 24.4 Å². The van der Waals surface area contributed by atoms with Gasteiger partial charge in [0.15, 0.2) is 5.82 Å². The molecule has 0 spiro atoms. The van der Waals surface area contributed by atoms with Gasteiger partial charge in [-0.25, -0.2) is 0 Å². The molecular formula is C10H14ClF2N3O. The molecule has 0 bridgehead atoms. The van der Waals surface area contributed by atoms with Crippen molar-refractivity contribution in [2.45, 2.75) is 49.4 Å². The van der Waals surface area contributed by atoms with E-state index in [-0.39, 0.29) is 5.82 Å². The van der Waals surface area contributed by atoms with E-state index in [1.54, 1.807) is 0 Å². The molecule has 0 radical (unpaired) electrons. The van der Waals surface area contributed by atoms with Crippen LogP contribution in [-0.4, -0.2) is 10.1 Å². The first-order valence-corrected chi connectivity index (χ1v) is 6.00. The lowest BCUT2D eigenvalue weighted by Crippen LogP contribution is -2.37. The molecule has 0 unspecified atom stereocenters. The summed E-state index contributed by atoms with van der Waals surface area (Å²) in [7, 11) is 0. The molecule has 1 aromatic heterocycles. The molecule has 7 heteroatoms. The molecule has 1 aliphatic carbocycles. The van der Waals surface area contributed by atoms with Crippen molar-refractivity contribution < 1.29 is 13.3 Å². The molecule has 2 N–H and O–H groups in total. The first kappa shape index (κ1) is 12.7. The first-order chi connectivity index (χ1) is 7.92. The summed E-state index contributed by atoms with van der Waals surface area (Å²) in [5, 5.41) is -0.0884. The van der Waals surface area contributed by atoms with Gasteiger partial charge in [0.2, 0.25) is 0 Å². The van der Waals surface area contributed by atoms with Crippen LogP contribution in [0.1, 0.15) is 50.2 Å². The van der Waals surface area contributed by atoms with Gasteiger partial charge in [-0.2, -0.15) is 13.8 Å². The number of rotatable bonds is 2. The van der Waals surface area contributed by atoms with Gasteiger partial charge in [0, 0.05) is 0 Å². The van der Waals surface area contributed by atoms with E-state index in [1.807, 2.05) is 0 Å². The van der Waals surface area contributed by atoms with E-state index < -0.39 is 16.8 Å². The molecular weight excluding hydrogens is 252 g/mol. The van der Waals surface area contributed by atoms with Crippen LogP contribution in [0.4, 0.5) is 8.78 Å². The van der Waals surface area contributed by atoms with E-state index in [0.717, 1.165) is 25.7 Å². The molecule has 0 saturated heterocycles. The summed E-state index contributed by atoms with van der Waals surface area (Å²) in [5.74, 6) is -0.752. The summed E-state index contributed by atoms with van der Waals surface area (Å²) < 4.78 is 30.0. The van der Waals surface area contributed by atoms with E-state index in [2.05, 4.69) is 14.7 Å². The number of nitrogens with two attached hydrogens (primary N) is 1. The van der Waals surface area contributed by atoms with E-state index in [9.17, 15) is 8.78 Å². The van der Waals surface area contributed by atoms with E-state index in [4.69, 9.17) is 17.3 Å². The SMILES string of the molecule is NC1(c2noc(C(F)(F)Cl)n2)CCCCCC1. The largest absolute Gasteiger partial charge is 0.400 e. The molecule has 0 atom stereocenters. The Morgan fingerprint density at radius 3 is 2.29 bits per heavy atom. The summed E-state index contributed by atoms with van der Waals surface area (Å²) in [6.45, 7) is 0. The number of hydrogen-bond donors (Lipinski definition) is 1. The summed E-state index contributed by atoms with van der Waals surface area (Å²) in [6, 6.07) is 0. The number of halogens is 3. The average Bonchev–Trinajstić information content (AvgIpc) is 2.64. The normalized spacial score (nSPS) is 21.2. The van der Waals surface area contributed by atoms with Crippen molar-refractivity contribution in [2.75, 3.05) is 0 Å². The average molecular weight is 266 g/mol. The number of alkyl halides is 3. The summed E-state index contributed by atoms with van der Waals surface area (Å²) >= 11 is 4.82. The predicted octanol–water partition coefficient (Wildman–Crippen LogP) is 2.87. The molecule has 17 heavy (non-hydrogen) atoms. The minimum Gasteiger partial charge on any atom is -0.331 e. The maximum Gasteiger partial charge on any atom is 0.400 e. The Morgan fingerprint density at radius 1 is 1.24 bits per heavy atom. The second-order valence-corrected chi connectivity index (χ2v) is 4.97. The molecule has 0 aliphatic heterocycles. The van der Waals surface area contributed by atoms with Crippen molar-refractivity contribution in [3.63, 3.8) is 0 Å². The Balaban J connectivity index is 2.23. The number of aromatic nitrogens is 2. The highest BCUT2D eigenvalue weighted by atomic mass is 35.5. The quantitative estimate of drug-likeness (QED) is 0.660. The van der Waals surface area contributed by atoms with E-state index in [1.165, 1.54) is 0 Å². The molecule has 1 fully saturated rings. The standard InChI is InChI=1S/C10H14ClF2N3O/c11-10(12,13)8-15-7(16-17-8)9(14)5-3-1-2-4-6-9/h1-6,14H2. The fourth-order valence-corrected chi connectivity index (χ4v) is 2.20. The maximum absolute atomic E-state index is 12.8. The second-order valence-electron chi connectivity index (χ2n) is 4.49. The third kappa shape index (κ3) is 2.74. The smallest absolute Gasteiger partial charge is 0.331 e. The Labute approximate surface area is 103 Å². The summed E-state index contributed by atoms with van der Waals surface area (Å²) in [5.41, 5.74) is 5.40. The highest BCUT2D eigenvalue weighted by molar-refractivity contribution is 6.21. The number of hydrogen-bond acceptors (Lipinski definition) is 4. The lowest BCUT2D eigenvalue weighted by Gasteiger charge is -2.23. The molecule has 4 nitrogen and oxygen atoms in total. The molecule has 1 aromatic rings. The van der Waals surface area contributed by atoms with Crippen molar-refractivity contribution in [3.05, 3.63) is 11.7 Å². The van der Waals surface area contributed by atoms with Crippen LogP contribution in [0.3, 0.4) is 0 Å². The minimum absolute atomic E-state index is 0.134. The zero-order valence-corrected chi connectivity index (χ0v) is 10.0. The molecule has 0 amide bonds. The van der Waals surface area contributed by atoms with E-state index in [0.29, 0.717) is 12.8 Å². The second kappa shape index (κ2) is 4.49. The van der Waals surface area contributed by atoms with Crippen molar-refractivity contribution in [1.29, 1.82) is 0 Å². The van der Waals surface area contributed by atoms with Gasteiger partial charge in [0.25, 0.3) is 0 Å². The van der Waals surface area contributed by atoms with Gasteiger partial charge in [-0.1, -0.05) is 30.8 Å². The predicted molar refractivity (Wildman–Crippen MR) is 57.6 cm³/mol. The number of nitrogens with zero attached hydrogens (tertiary/aromatic N) is 2. The minimum atomic E-state index is -3.63. The molecule has 1 saturated carbocycles. The van der Waals surface area contributed by atoms with Crippen LogP contribution >= 0.6 is 11.6 Å². The highest BCUT2D eigenvalue weighted by Gasteiger charge is 2.39. The van der Waals surface area contributed by atoms with Crippen molar-refractivity contribution in [2.24, 2.45) is 5.73 Å². The molecule has 1 heterocycles. The van der Waals surface area contributed by atoms with Gasteiger partial charge in [0.1, 0.15) is 0 Å². The van der Waals surface area contributed by atoms with Crippen LogP contribution in [0.2, 0.25) is 0 Å². The third-order valence-corrected chi connectivity index (χ3v) is 3.27. The molecule has 2 rings (SSSR count). The third-order valence-electron chi connectivity index (χ3n) is 3.11.